The summed E-state index contributed by atoms with van der Waals surface area (Å²) in [4.78, 5) is 42.4. The Balaban J connectivity index is 2.99. The van der Waals surface area contributed by atoms with Crippen molar-refractivity contribution < 1.29 is 19.1 Å². The van der Waals surface area contributed by atoms with Gasteiger partial charge in [0, 0.05) is 19.2 Å². The van der Waals surface area contributed by atoms with Gasteiger partial charge in [-0.25, -0.2) is 4.79 Å². The normalized spacial score (nSPS) is 21.9. The van der Waals surface area contributed by atoms with Crippen LogP contribution in [0.2, 0.25) is 0 Å². The van der Waals surface area contributed by atoms with E-state index in [1.165, 1.54) is 0 Å². The number of esters is 1. The van der Waals surface area contributed by atoms with Crippen LogP contribution in [0.3, 0.4) is 0 Å². The summed E-state index contributed by atoms with van der Waals surface area (Å²) in [6, 6.07) is -1.11. The zero-order valence-electron chi connectivity index (χ0n) is 21.6. The number of likely N-dealkylation sites (N-methyl/N-ethyl adjacent to an activating group) is 2. The third kappa shape index (κ3) is 7.61. The average Bonchev–Trinajstić information content (AvgIpc) is 2.73. The van der Waals surface area contributed by atoms with Gasteiger partial charge in [0.15, 0.2) is 0 Å². The second-order valence-corrected chi connectivity index (χ2v) is 9.79. The minimum Gasteiger partial charge on any atom is -0.463 e. The van der Waals surface area contributed by atoms with Crippen molar-refractivity contribution in [3.8, 4) is 0 Å². The summed E-state index contributed by atoms with van der Waals surface area (Å²) in [6.45, 7) is 14.8. The van der Waals surface area contributed by atoms with E-state index in [0.29, 0.717) is 18.1 Å². The van der Waals surface area contributed by atoms with Crippen molar-refractivity contribution in [2.75, 3.05) is 27.2 Å². The lowest BCUT2D eigenvalue weighted by Gasteiger charge is -2.38. The number of rotatable bonds is 10. The van der Waals surface area contributed by atoms with Crippen molar-refractivity contribution >= 4 is 17.8 Å². The number of nitrogens with zero attached hydrogens (tertiary/aromatic N) is 2. The van der Waals surface area contributed by atoms with Crippen LogP contribution in [0.4, 0.5) is 0 Å². The molecule has 0 radical (unpaired) electrons. The van der Waals surface area contributed by atoms with E-state index >= 15 is 0 Å². The Kier molecular flexibility index (Phi) is 11.4. The molecule has 0 unspecified atom stereocenters. The molecule has 1 heterocycles. The van der Waals surface area contributed by atoms with Gasteiger partial charge in [-0.3, -0.25) is 14.5 Å². The van der Waals surface area contributed by atoms with E-state index in [1.54, 1.807) is 31.9 Å². The summed E-state index contributed by atoms with van der Waals surface area (Å²) < 4.78 is 5.08. The number of likely N-dealkylation sites (tertiary alicyclic amines) is 1. The number of piperidine rings is 1. The first-order chi connectivity index (χ1) is 14.9. The molecule has 1 aliphatic heterocycles. The van der Waals surface area contributed by atoms with E-state index < -0.39 is 6.04 Å². The molecule has 0 aromatic rings. The van der Waals surface area contributed by atoms with Gasteiger partial charge in [-0.2, -0.15) is 0 Å². The summed E-state index contributed by atoms with van der Waals surface area (Å²) in [5.41, 5.74) is 0.477. The van der Waals surface area contributed by atoms with Gasteiger partial charge in [0.1, 0.15) is 6.04 Å². The Labute approximate surface area is 194 Å². The van der Waals surface area contributed by atoms with Crippen molar-refractivity contribution in [3.63, 3.8) is 0 Å². The molecule has 0 aromatic heterocycles. The van der Waals surface area contributed by atoms with Crippen molar-refractivity contribution in [3.05, 3.63) is 11.6 Å². The Hall–Kier alpha value is -1.89. The number of hydrogen-bond donors (Lipinski definition) is 1. The van der Waals surface area contributed by atoms with Gasteiger partial charge in [-0.05, 0) is 51.5 Å². The van der Waals surface area contributed by atoms with Gasteiger partial charge < -0.3 is 15.0 Å². The fourth-order valence-electron chi connectivity index (χ4n) is 4.35. The number of nitrogens with one attached hydrogen (secondary N) is 1. The quantitative estimate of drug-likeness (QED) is 0.407. The summed E-state index contributed by atoms with van der Waals surface area (Å²) in [5.74, 6) is 0.0468. The fraction of sp³-hybridized carbons (Fsp3) is 0.800. The van der Waals surface area contributed by atoms with E-state index in [2.05, 4.69) is 17.1 Å². The predicted octanol–water partition coefficient (Wildman–Crippen LogP) is 3.24. The van der Waals surface area contributed by atoms with Crippen molar-refractivity contribution in [1.29, 1.82) is 0 Å². The molecule has 0 bridgehead atoms. The molecule has 4 atom stereocenters. The molecule has 1 rings (SSSR count). The zero-order valence-corrected chi connectivity index (χ0v) is 21.6. The zero-order chi connectivity index (χ0) is 24.6. The fourth-order valence-corrected chi connectivity index (χ4v) is 4.35. The van der Waals surface area contributed by atoms with Crippen LogP contribution in [0.25, 0.3) is 0 Å². The molecule has 0 spiro atoms. The molecule has 0 aliphatic carbocycles. The van der Waals surface area contributed by atoms with Crippen LogP contribution in [0.1, 0.15) is 67.7 Å². The van der Waals surface area contributed by atoms with Crippen LogP contribution in [-0.2, 0) is 19.1 Å². The van der Waals surface area contributed by atoms with Crippen molar-refractivity contribution in [1.82, 2.24) is 15.1 Å². The van der Waals surface area contributed by atoms with Crippen LogP contribution >= 0.6 is 0 Å². The Morgan fingerprint density at radius 1 is 1.12 bits per heavy atom. The van der Waals surface area contributed by atoms with Crippen molar-refractivity contribution in [2.45, 2.75) is 85.9 Å². The molecule has 184 valence electrons. The maximum absolute atomic E-state index is 13.5. The largest absolute Gasteiger partial charge is 0.463 e. The molecular weight excluding hydrogens is 406 g/mol. The average molecular weight is 452 g/mol. The number of carbonyl (C=O) groups is 3. The van der Waals surface area contributed by atoms with E-state index in [9.17, 15) is 14.4 Å². The van der Waals surface area contributed by atoms with Crippen molar-refractivity contribution in [2.24, 2.45) is 17.8 Å². The van der Waals surface area contributed by atoms with Crippen LogP contribution in [0.5, 0.6) is 0 Å². The molecule has 32 heavy (non-hydrogen) atoms. The molecule has 0 aromatic carbocycles. The summed E-state index contributed by atoms with van der Waals surface area (Å²) in [7, 11) is 3.73. The Morgan fingerprint density at radius 3 is 2.22 bits per heavy atom. The van der Waals surface area contributed by atoms with Gasteiger partial charge >= 0.3 is 5.97 Å². The number of ether oxygens (including phenoxy) is 1. The van der Waals surface area contributed by atoms with E-state index in [4.69, 9.17) is 4.74 Å². The second-order valence-electron chi connectivity index (χ2n) is 9.79. The summed E-state index contributed by atoms with van der Waals surface area (Å²) in [5, 5.41) is 3.04. The van der Waals surface area contributed by atoms with Gasteiger partial charge in [0.25, 0.3) is 0 Å². The number of hydrogen-bond acceptors (Lipinski definition) is 5. The highest BCUT2D eigenvalue weighted by Crippen LogP contribution is 2.24. The minimum absolute atomic E-state index is 0.0610. The third-order valence-corrected chi connectivity index (χ3v) is 6.53. The highest BCUT2D eigenvalue weighted by Gasteiger charge is 2.35. The number of carbonyl (C=O) groups excluding carboxylic acids is 3. The first-order valence-electron chi connectivity index (χ1n) is 12.1. The Bertz CT molecular complexity index is 674. The van der Waals surface area contributed by atoms with E-state index in [1.807, 2.05) is 34.7 Å². The van der Waals surface area contributed by atoms with Crippen LogP contribution in [0.15, 0.2) is 11.6 Å². The van der Waals surface area contributed by atoms with Crippen LogP contribution in [-0.4, -0.2) is 73.0 Å². The molecule has 1 saturated heterocycles. The standard InChI is InChI=1S/C25H45N3O4/c1-10-19-12-13-20(27(8)15-19)23(29)26-22(17(5)6)24(30)28(9)21(16(3)4)14-18(7)25(31)32-11-2/h14,16-17,19-22H,10-13,15H2,1-9H3,(H,26,29)/b18-14+/t19-,20+,21+,22-/m0/s1. The highest BCUT2D eigenvalue weighted by atomic mass is 16.5. The molecule has 1 N–H and O–H groups in total. The van der Waals surface area contributed by atoms with Crippen LogP contribution in [0, 0.1) is 17.8 Å². The molecule has 7 heteroatoms. The molecule has 1 fully saturated rings. The van der Waals surface area contributed by atoms with E-state index in [0.717, 1.165) is 25.8 Å². The summed E-state index contributed by atoms with van der Waals surface area (Å²) >= 11 is 0. The lowest BCUT2D eigenvalue weighted by molar-refractivity contribution is -0.140. The monoisotopic (exact) mass is 451 g/mol. The van der Waals surface area contributed by atoms with Gasteiger partial charge in [0.05, 0.1) is 18.7 Å². The van der Waals surface area contributed by atoms with E-state index in [-0.39, 0.29) is 41.7 Å². The maximum Gasteiger partial charge on any atom is 0.333 e. The molecule has 2 amide bonds. The Morgan fingerprint density at radius 2 is 1.75 bits per heavy atom. The lowest BCUT2D eigenvalue weighted by atomic mass is 9.90. The van der Waals surface area contributed by atoms with Gasteiger partial charge in [0.2, 0.25) is 11.8 Å². The predicted molar refractivity (Wildman–Crippen MR) is 128 cm³/mol. The lowest BCUT2D eigenvalue weighted by Crippen LogP contribution is -2.58. The first kappa shape index (κ1) is 28.1. The molecule has 1 aliphatic rings. The molecule has 7 nitrogen and oxygen atoms in total. The van der Waals surface area contributed by atoms with Gasteiger partial charge in [-0.1, -0.05) is 47.1 Å². The smallest absolute Gasteiger partial charge is 0.333 e. The minimum atomic E-state index is -0.623. The SMILES string of the molecule is CCOC(=O)/C(C)=C/[C@H](C(C)C)N(C)C(=O)[C@@H](NC(=O)[C@H]1CC[C@H](CC)CN1C)C(C)C. The molecular formula is C25H45N3O4. The topological polar surface area (TPSA) is 79.0 Å². The second kappa shape index (κ2) is 13.0. The first-order valence-corrected chi connectivity index (χ1v) is 12.1. The van der Waals surface area contributed by atoms with Crippen LogP contribution < -0.4 is 5.32 Å². The molecule has 0 saturated carbocycles. The highest BCUT2D eigenvalue weighted by molar-refractivity contribution is 5.91. The maximum atomic E-state index is 13.5. The third-order valence-electron chi connectivity index (χ3n) is 6.53. The summed E-state index contributed by atoms with van der Waals surface area (Å²) in [6.07, 6.45) is 4.75. The van der Waals surface area contributed by atoms with Gasteiger partial charge in [-0.15, -0.1) is 0 Å². The number of amides is 2.